The van der Waals surface area contributed by atoms with Crippen LogP contribution < -0.4 is 0 Å². The predicted molar refractivity (Wildman–Crippen MR) is 86.9 cm³/mol. The molecule has 0 aromatic heterocycles. The minimum absolute atomic E-state index is 0.786. The Morgan fingerprint density at radius 1 is 1.08 bits per heavy atom. The van der Waals surface area contributed by atoms with E-state index in [9.17, 15) is 32.5 Å². The quantitative estimate of drug-likeness (QED) is 0.320. The molecule has 0 saturated heterocycles. The van der Waals surface area contributed by atoms with Crippen LogP contribution in [0, 0.1) is 12.3 Å². The molecule has 0 amide bonds. The maximum absolute atomic E-state index is 11.7. The van der Waals surface area contributed by atoms with Crippen molar-refractivity contribution in [3.05, 3.63) is 32.2 Å². The second kappa shape index (κ2) is 8.77. The number of carbonyl (C=O) groups is 3. The maximum atomic E-state index is 11.7. The third kappa shape index (κ3) is 5.68. The summed E-state index contributed by atoms with van der Waals surface area (Å²) in [6, 6.07) is 0. The number of aliphatic carboxylic acids is 1. The number of esters is 2. The van der Waals surface area contributed by atoms with E-state index < -0.39 is 57.3 Å². The molecule has 25 heavy (non-hydrogen) atoms. The van der Waals surface area contributed by atoms with Gasteiger partial charge in [0.15, 0.2) is 0 Å². The molecule has 0 bridgehead atoms. The first kappa shape index (κ1) is 22.8. The Hall–Kier alpha value is -2.20. The standard InChI is InChI=1S/C15H21O9S/c1-6-13(18)23-9(3)15(8-12(16)17,11(5)25(20,21)22)10(4)24-14(19)7-2/h6-7,9-11H,1-2,5,8H2,3-4H3,(H,16,17)(H,20,21,22). The minimum Gasteiger partial charge on any atom is -0.481 e. The molecule has 3 atom stereocenters. The third-order valence-electron chi connectivity index (χ3n) is 3.85. The molecular weight excluding hydrogens is 356 g/mol. The van der Waals surface area contributed by atoms with E-state index in [-0.39, 0.29) is 0 Å². The Morgan fingerprint density at radius 2 is 1.44 bits per heavy atom. The summed E-state index contributed by atoms with van der Waals surface area (Å²) in [4.78, 5) is 34.3. The normalized spacial score (nSPS) is 17.3. The van der Waals surface area contributed by atoms with Crippen LogP contribution in [0.4, 0.5) is 0 Å². The lowest BCUT2D eigenvalue weighted by atomic mass is 9.72. The largest absolute Gasteiger partial charge is 0.481 e. The second-order valence-corrected chi connectivity index (χ2v) is 6.85. The molecule has 141 valence electrons. The van der Waals surface area contributed by atoms with Crippen molar-refractivity contribution < 1.29 is 41.9 Å². The lowest BCUT2D eigenvalue weighted by Crippen LogP contribution is -2.56. The Labute approximate surface area is 146 Å². The maximum Gasteiger partial charge on any atom is 0.330 e. The molecular formula is C15H21O9S. The topological polar surface area (TPSA) is 144 Å². The van der Waals surface area contributed by atoms with Gasteiger partial charge in [-0.05, 0) is 20.8 Å². The van der Waals surface area contributed by atoms with Crippen molar-refractivity contribution in [1.82, 2.24) is 0 Å². The molecule has 0 aliphatic heterocycles. The first-order valence-electron chi connectivity index (χ1n) is 7.00. The zero-order chi connectivity index (χ0) is 20.0. The number of hydrogen-bond donors (Lipinski definition) is 2. The molecule has 0 aromatic rings. The highest BCUT2D eigenvalue weighted by molar-refractivity contribution is 7.86. The summed E-state index contributed by atoms with van der Waals surface area (Å²) in [5, 5.41) is 7.23. The third-order valence-corrected chi connectivity index (χ3v) is 5.01. The van der Waals surface area contributed by atoms with E-state index in [1.54, 1.807) is 0 Å². The van der Waals surface area contributed by atoms with E-state index in [4.69, 9.17) is 9.47 Å². The van der Waals surface area contributed by atoms with Crippen LogP contribution in [0.1, 0.15) is 20.3 Å². The van der Waals surface area contributed by atoms with Crippen LogP contribution in [0.25, 0.3) is 0 Å². The van der Waals surface area contributed by atoms with Crippen molar-refractivity contribution in [2.24, 2.45) is 5.41 Å². The average molecular weight is 377 g/mol. The highest BCUT2D eigenvalue weighted by Gasteiger charge is 2.55. The van der Waals surface area contributed by atoms with Gasteiger partial charge in [0.1, 0.15) is 12.2 Å². The fourth-order valence-electron chi connectivity index (χ4n) is 2.46. The second-order valence-electron chi connectivity index (χ2n) is 5.25. The van der Waals surface area contributed by atoms with Gasteiger partial charge in [-0.25, -0.2) is 9.59 Å². The van der Waals surface area contributed by atoms with Crippen molar-refractivity contribution >= 4 is 28.0 Å². The molecule has 0 rings (SSSR count). The number of ether oxygens (including phenoxy) is 2. The van der Waals surface area contributed by atoms with Gasteiger partial charge in [0.25, 0.3) is 10.1 Å². The van der Waals surface area contributed by atoms with Crippen molar-refractivity contribution in [3.8, 4) is 0 Å². The molecule has 10 heteroatoms. The van der Waals surface area contributed by atoms with E-state index in [0.717, 1.165) is 12.2 Å². The highest BCUT2D eigenvalue weighted by atomic mass is 32.2. The summed E-state index contributed by atoms with van der Waals surface area (Å²) in [7, 11) is -4.89. The number of hydrogen-bond acceptors (Lipinski definition) is 7. The summed E-state index contributed by atoms with van der Waals surface area (Å²) in [5.41, 5.74) is -2.09. The van der Waals surface area contributed by atoms with Gasteiger partial charge in [0.05, 0.1) is 17.1 Å². The Bertz CT molecular complexity index is 622. The fraction of sp³-hybridized carbons (Fsp3) is 0.467. The van der Waals surface area contributed by atoms with Crippen molar-refractivity contribution in [1.29, 1.82) is 0 Å². The van der Waals surface area contributed by atoms with Crippen LogP contribution in [0.3, 0.4) is 0 Å². The van der Waals surface area contributed by atoms with Gasteiger partial charge in [0, 0.05) is 12.2 Å². The van der Waals surface area contributed by atoms with E-state index in [2.05, 4.69) is 20.1 Å². The Balaban J connectivity index is 6.35. The molecule has 0 aliphatic rings. The number of rotatable bonds is 10. The van der Waals surface area contributed by atoms with Crippen LogP contribution in [0.2, 0.25) is 0 Å². The molecule has 3 unspecified atom stereocenters. The number of carboxylic acid groups (broad SMARTS) is 1. The van der Waals surface area contributed by atoms with Crippen LogP contribution in [-0.4, -0.2) is 53.4 Å². The van der Waals surface area contributed by atoms with Crippen molar-refractivity contribution in [3.63, 3.8) is 0 Å². The van der Waals surface area contributed by atoms with Gasteiger partial charge >= 0.3 is 17.9 Å². The van der Waals surface area contributed by atoms with Gasteiger partial charge in [-0.3, -0.25) is 9.35 Å². The average Bonchev–Trinajstić information content (AvgIpc) is 2.49. The lowest BCUT2D eigenvalue weighted by Gasteiger charge is -2.43. The fourth-order valence-corrected chi connectivity index (χ4v) is 3.48. The summed E-state index contributed by atoms with van der Waals surface area (Å²) in [6.07, 6.45) is -2.21. The van der Waals surface area contributed by atoms with Gasteiger partial charge in [-0.1, -0.05) is 13.2 Å². The Kier molecular flexibility index (Phi) is 8.00. The molecule has 0 fully saturated rings. The highest BCUT2D eigenvalue weighted by Crippen LogP contribution is 2.41. The first-order valence-corrected chi connectivity index (χ1v) is 8.50. The van der Waals surface area contributed by atoms with E-state index in [1.165, 1.54) is 13.8 Å². The monoisotopic (exact) mass is 377 g/mol. The number of carbonyl (C=O) groups excluding carboxylic acids is 2. The Morgan fingerprint density at radius 3 is 1.68 bits per heavy atom. The molecule has 0 aromatic carbocycles. The van der Waals surface area contributed by atoms with Gasteiger partial charge in [0.2, 0.25) is 0 Å². The molecule has 9 nitrogen and oxygen atoms in total. The zero-order valence-electron chi connectivity index (χ0n) is 13.9. The van der Waals surface area contributed by atoms with Crippen molar-refractivity contribution in [2.75, 3.05) is 0 Å². The first-order chi connectivity index (χ1) is 11.3. The SMILES string of the molecule is [CH2]C(C(CC(=O)O)(C(C)OC(=O)C=C)C(C)OC(=O)C=C)S(=O)(=O)O. The molecule has 0 saturated carbocycles. The smallest absolute Gasteiger partial charge is 0.330 e. The van der Waals surface area contributed by atoms with Crippen LogP contribution in [0.5, 0.6) is 0 Å². The van der Waals surface area contributed by atoms with Crippen molar-refractivity contribution in [2.45, 2.75) is 37.7 Å². The molecule has 1 radical (unpaired) electrons. The molecule has 0 aliphatic carbocycles. The van der Waals surface area contributed by atoms with Crippen LogP contribution >= 0.6 is 0 Å². The van der Waals surface area contributed by atoms with Crippen LogP contribution in [-0.2, 0) is 34.0 Å². The summed E-state index contributed by atoms with van der Waals surface area (Å²) >= 11 is 0. The van der Waals surface area contributed by atoms with Crippen LogP contribution in [0.15, 0.2) is 25.3 Å². The van der Waals surface area contributed by atoms with E-state index in [1.807, 2.05) is 0 Å². The lowest BCUT2D eigenvalue weighted by molar-refractivity contribution is -0.171. The number of carboxylic acids is 1. The minimum atomic E-state index is -4.89. The molecule has 2 N–H and O–H groups in total. The molecule has 0 spiro atoms. The molecule has 0 heterocycles. The van der Waals surface area contributed by atoms with E-state index >= 15 is 0 Å². The summed E-state index contributed by atoms with van der Waals surface area (Å²) in [6.45, 7) is 12.1. The summed E-state index contributed by atoms with van der Waals surface area (Å²) in [5.74, 6) is -3.42. The van der Waals surface area contributed by atoms with Gasteiger partial charge in [-0.15, -0.1) is 0 Å². The van der Waals surface area contributed by atoms with Gasteiger partial charge in [-0.2, -0.15) is 8.42 Å². The zero-order valence-corrected chi connectivity index (χ0v) is 14.7. The van der Waals surface area contributed by atoms with Gasteiger partial charge < -0.3 is 14.6 Å². The predicted octanol–water partition coefficient (Wildman–Crippen LogP) is 0.773. The van der Waals surface area contributed by atoms with E-state index in [0.29, 0.717) is 0 Å². The summed E-state index contributed by atoms with van der Waals surface area (Å²) < 4.78 is 42.7.